The number of hydrogen-bond acceptors (Lipinski definition) is 5. The van der Waals surface area contributed by atoms with Crippen LogP contribution in [0.5, 0.6) is 0 Å². The molecule has 1 amide bonds. The molecule has 1 atom stereocenters. The maximum atomic E-state index is 15.2. The van der Waals surface area contributed by atoms with Gasteiger partial charge in [0.25, 0.3) is 0 Å². The summed E-state index contributed by atoms with van der Waals surface area (Å²) in [5.74, 6) is 0. The first-order valence-electron chi connectivity index (χ1n) is 12.7. The Morgan fingerprint density at radius 3 is 1.97 bits per heavy atom. The molecule has 0 aliphatic carbocycles. The predicted molar refractivity (Wildman–Crippen MR) is 142 cm³/mol. The molecule has 0 bridgehead atoms. The van der Waals surface area contributed by atoms with Crippen molar-refractivity contribution in [1.82, 2.24) is 10.6 Å². The van der Waals surface area contributed by atoms with Crippen LogP contribution in [0, 0.1) is 0 Å². The van der Waals surface area contributed by atoms with E-state index < -0.39 is 23.5 Å². The molecule has 0 radical (unpaired) electrons. The first-order chi connectivity index (χ1) is 17.1. The van der Waals surface area contributed by atoms with Gasteiger partial charge in [0.1, 0.15) is 11.8 Å². The van der Waals surface area contributed by atoms with E-state index in [1.807, 2.05) is 81.4 Å². The van der Waals surface area contributed by atoms with Crippen molar-refractivity contribution in [2.45, 2.75) is 70.9 Å². The van der Waals surface area contributed by atoms with Gasteiger partial charge in [-0.05, 0) is 58.6 Å². The van der Waals surface area contributed by atoms with Crippen molar-refractivity contribution in [3.05, 3.63) is 71.8 Å². The molecule has 6 nitrogen and oxygen atoms in total. The van der Waals surface area contributed by atoms with Crippen LogP contribution in [0.25, 0.3) is 0 Å². The number of alkyl halides is 1. The van der Waals surface area contributed by atoms with Gasteiger partial charge in [0.05, 0.1) is 11.6 Å². The molecular weight excluding hydrogens is 459 g/mol. The van der Waals surface area contributed by atoms with E-state index in [-0.39, 0.29) is 12.6 Å². The van der Waals surface area contributed by atoms with Gasteiger partial charge in [-0.15, -0.1) is 0 Å². The van der Waals surface area contributed by atoms with Crippen LogP contribution in [0.4, 0.5) is 9.18 Å². The van der Waals surface area contributed by atoms with Gasteiger partial charge in [-0.2, -0.15) is 0 Å². The standard InChI is InChI=1S/C29H43FN2O4/c1-28(2,3)36-27(33)31-18-12-19-34-20-13-21-35-29(4,5)25(30)22-32-26(23-14-8-6-9-15-23)24-16-10-7-11-17-24/h6-11,14-17,25-26,32H,12-13,18-22H2,1-5H3,(H,31,33). The normalized spacial score (nSPS) is 13.0. The van der Waals surface area contributed by atoms with Crippen molar-refractivity contribution < 1.29 is 23.4 Å². The monoisotopic (exact) mass is 502 g/mol. The number of nitrogens with one attached hydrogen (secondary N) is 2. The van der Waals surface area contributed by atoms with Crippen molar-refractivity contribution in [3.63, 3.8) is 0 Å². The van der Waals surface area contributed by atoms with Gasteiger partial charge in [-0.25, -0.2) is 9.18 Å². The SMILES string of the molecule is CC(C)(C)OC(=O)NCCCOCCCOC(C)(C)C(F)CNC(c1ccccc1)c1ccccc1. The zero-order valence-electron chi connectivity index (χ0n) is 22.4. The second-order valence-corrected chi connectivity index (χ2v) is 10.3. The Balaban J connectivity index is 1.66. The van der Waals surface area contributed by atoms with Gasteiger partial charge in [-0.1, -0.05) is 60.7 Å². The summed E-state index contributed by atoms with van der Waals surface area (Å²) in [7, 11) is 0. The largest absolute Gasteiger partial charge is 0.444 e. The Labute approximate surface area is 215 Å². The number of ether oxygens (including phenoxy) is 3. The van der Waals surface area contributed by atoms with Crippen LogP contribution in [-0.4, -0.2) is 56.4 Å². The molecule has 0 saturated carbocycles. The summed E-state index contributed by atoms with van der Waals surface area (Å²) in [6.45, 7) is 11.1. The maximum Gasteiger partial charge on any atom is 0.407 e. The van der Waals surface area contributed by atoms with E-state index in [2.05, 4.69) is 10.6 Å². The topological polar surface area (TPSA) is 68.8 Å². The van der Waals surface area contributed by atoms with E-state index in [0.29, 0.717) is 39.2 Å². The number of hydrogen-bond donors (Lipinski definition) is 2. The quantitative estimate of drug-likeness (QED) is 0.300. The van der Waals surface area contributed by atoms with E-state index in [4.69, 9.17) is 14.2 Å². The highest BCUT2D eigenvalue weighted by Crippen LogP contribution is 2.24. The smallest absolute Gasteiger partial charge is 0.407 e. The molecule has 1 unspecified atom stereocenters. The van der Waals surface area contributed by atoms with Crippen LogP contribution in [0.2, 0.25) is 0 Å². The average molecular weight is 503 g/mol. The number of rotatable bonds is 15. The lowest BCUT2D eigenvalue weighted by atomic mass is 9.97. The zero-order chi connectivity index (χ0) is 26.4. The maximum absolute atomic E-state index is 15.2. The fourth-order valence-corrected chi connectivity index (χ4v) is 3.55. The summed E-state index contributed by atoms with van der Waals surface area (Å²) < 4.78 is 31.8. The van der Waals surface area contributed by atoms with E-state index in [0.717, 1.165) is 11.1 Å². The lowest BCUT2D eigenvalue weighted by Crippen LogP contribution is -2.43. The van der Waals surface area contributed by atoms with Crippen molar-refractivity contribution in [2.24, 2.45) is 0 Å². The molecule has 0 heterocycles. The van der Waals surface area contributed by atoms with Gasteiger partial charge < -0.3 is 24.8 Å². The summed E-state index contributed by atoms with van der Waals surface area (Å²) in [6.07, 6.45) is -0.257. The molecular formula is C29H43FN2O4. The average Bonchev–Trinajstić information content (AvgIpc) is 2.83. The van der Waals surface area contributed by atoms with Crippen molar-refractivity contribution >= 4 is 6.09 Å². The predicted octanol–water partition coefficient (Wildman–Crippen LogP) is 5.82. The van der Waals surface area contributed by atoms with Crippen molar-refractivity contribution in [2.75, 3.05) is 32.9 Å². The summed E-state index contributed by atoms with van der Waals surface area (Å²) in [6, 6.07) is 20.0. The number of carbonyl (C=O) groups is 1. The molecule has 0 fully saturated rings. The minimum Gasteiger partial charge on any atom is -0.444 e. The van der Waals surface area contributed by atoms with E-state index in [1.165, 1.54) is 0 Å². The molecule has 36 heavy (non-hydrogen) atoms. The van der Waals surface area contributed by atoms with E-state index in [1.54, 1.807) is 13.8 Å². The third-order valence-electron chi connectivity index (χ3n) is 5.56. The Hall–Kier alpha value is -2.48. The first kappa shape index (κ1) is 29.7. The Morgan fingerprint density at radius 1 is 0.861 bits per heavy atom. The van der Waals surface area contributed by atoms with Crippen molar-refractivity contribution in [1.29, 1.82) is 0 Å². The fraction of sp³-hybridized carbons (Fsp3) is 0.552. The van der Waals surface area contributed by atoms with Gasteiger partial charge in [0.2, 0.25) is 0 Å². The minimum absolute atomic E-state index is 0.0975. The first-order valence-corrected chi connectivity index (χ1v) is 12.7. The van der Waals surface area contributed by atoms with Gasteiger partial charge >= 0.3 is 6.09 Å². The lowest BCUT2D eigenvalue weighted by Gasteiger charge is -2.31. The van der Waals surface area contributed by atoms with Crippen molar-refractivity contribution in [3.8, 4) is 0 Å². The number of carbonyl (C=O) groups excluding carboxylic acids is 1. The summed E-state index contributed by atoms with van der Waals surface area (Å²) in [5, 5.41) is 6.09. The molecule has 200 valence electrons. The Morgan fingerprint density at radius 2 is 1.42 bits per heavy atom. The molecule has 2 rings (SSSR count). The summed E-state index contributed by atoms with van der Waals surface area (Å²) in [4.78, 5) is 11.6. The number of amides is 1. The lowest BCUT2D eigenvalue weighted by molar-refractivity contribution is -0.0754. The molecule has 0 spiro atoms. The highest BCUT2D eigenvalue weighted by molar-refractivity contribution is 5.67. The van der Waals surface area contributed by atoms with Crippen LogP contribution in [-0.2, 0) is 14.2 Å². The third kappa shape index (κ3) is 11.5. The number of alkyl carbamates (subject to hydrolysis) is 1. The van der Waals surface area contributed by atoms with E-state index >= 15 is 4.39 Å². The van der Waals surface area contributed by atoms with E-state index in [9.17, 15) is 4.79 Å². The highest BCUT2D eigenvalue weighted by Gasteiger charge is 2.31. The second kappa shape index (κ2) is 14.9. The van der Waals surface area contributed by atoms with Crippen LogP contribution in [0.15, 0.2) is 60.7 Å². The van der Waals surface area contributed by atoms with Gasteiger partial charge in [0, 0.05) is 32.9 Å². The molecule has 0 aromatic heterocycles. The molecule has 2 aromatic rings. The fourth-order valence-electron chi connectivity index (χ4n) is 3.55. The van der Waals surface area contributed by atoms with Gasteiger partial charge in [0.15, 0.2) is 0 Å². The number of benzene rings is 2. The van der Waals surface area contributed by atoms with Crippen LogP contribution in [0.1, 0.15) is 64.6 Å². The van der Waals surface area contributed by atoms with Crippen LogP contribution in [0.3, 0.4) is 0 Å². The van der Waals surface area contributed by atoms with Crippen LogP contribution >= 0.6 is 0 Å². The second-order valence-electron chi connectivity index (χ2n) is 10.3. The molecule has 7 heteroatoms. The van der Waals surface area contributed by atoms with Gasteiger partial charge in [-0.3, -0.25) is 0 Å². The molecule has 0 aliphatic rings. The minimum atomic E-state index is -1.19. The molecule has 2 N–H and O–H groups in total. The molecule has 2 aromatic carbocycles. The molecule has 0 saturated heterocycles. The highest BCUT2D eigenvalue weighted by atomic mass is 19.1. The summed E-state index contributed by atoms with van der Waals surface area (Å²) >= 11 is 0. The zero-order valence-corrected chi connectivity index (χ0v) is 22.4. The summed E-state index contributed by atoms with van der Waals surface area (Å²) in [5.41, 5.74) is 0.748. The number of halogens is 1. The Kier molecular flexibility index (Phi) is 12.3. The van der Waals surface area contributed by atoms with Crippen LogP contribution < -0.4 is 10.6 Å². The Bertz CT molecular complexity index is 832. The molecule has 0 aliphatic heterocycles. The third-order valence-corrected chi connectivity index (χ3v) is 5.56.